The van der Waals surface area contributed by atoms with Crippen LogP contribution in [0.3, 0.4) is 0 Å². The Labute approximate surface area is 782 Å². The van der Waals surface area contributed by atoms with E-state index in [1.807, 2.05) is 105 Å². The van der Waals surface area contributed by atoms with Gasteiger partial charge in [0.15, 0.2) is 0 Å². The minimum atomic E-state index is -2.00. The van der Waals surface area contributed by atoms with Crippen molar-refractivity contribution in [2.45, 2.75) is 157 Å². The van der Waals surface area contributed by atoms with Crippen LogP contribution in [0, 0.1) is 58.7 Å². The summed E-state index contributed by atoms with van der Waals surface area (Å²) in [6.07, 6.45) is 23.1. The van der Waals surface area contributed by atoms with Gasteiger partial charge >= 0.3 is 0 Å². The van der Waals surface area contributed by atoms with Crippen molar-refractivity contribution < 1.29 is 62.8 Å². The second-order valence-electron chi connectivity index (χ2n) is 36.5. The van der Waals surface area contributed by atoms with Crippen molar-refractivity contribution in [1.29, 1.82) is 0 Å². The molecule has 5 aromatic rings. The summed E-state index contributed by atoms with van der Waals surface area (Å²) in [5.41, 5.74) is 10.6. The number of halogens is 7. The van der Waals surface area contributed by atoms with Crippen molar-refractivity contribution >= 4 is 143 Å². The van der Waals surface area contributed by atoms with Gasteiger partial charge in [0.2, 0.25) is 0 Å². The van der Waals surface area contributed by atoms with E-state index in [0.29, 0.717) is 170 Å². The summed E-state index contributed by atoms with van der Waals surface area (Å²) in [5, 5.41) is 1.40. The highest BCUT2D eigenvalue weighted by Crippen LogP contribution is 2.33. The molecule has 9 heterocycles. The Morgan fingerprint density at radius 3 is 1.02 bits per heavy atom. The summed E-state index contributed by atoms with van der Waals surface area (Å²) in [6.45, 7) is 15.6. The van der Waals surface area contributed by atoms with Gasteiger partial charge in [-0.3, -0.25) is 65.8 Å². The topological polar surface area (TPSA) is 232 Å². The molecule has 1 aliphatic carbocycles. The Morgan fingerprint density at radius 1 is 0.344 bits per heavy atom. The first kappa shape index (κ1) is 102. The number of hydrogen-bond donors (Lipinski definition) is 0. The maximum absolute atomic E-state index is 14.1. The Kier molecular flexibility index (Phi) is 37.2. The van der Waals surface area contributed by atoms with Crippen molar-refractivity contribution in [3.8, 4) is 0 Å². The molecule has 5 aromatic carbocycles. The zero-order chi connectivity index (χ0) is 94.3. The maximum Gasteiger partial charge on any atom is 0.252 e. The average molecular weight is 1920 g/mol. The molecule has 4 atom stereocenters. The first-order valence-electron chi connectivity index (χ1n) is 45.2. The van der Waals surface area contributed by atoms with E-state index in [-0.39, 0.29) is 78.3 Å². The van der Waals surface area contributed by atoms with Crippen LogP contribution in [0.25, 0.3) is 0 Å². The summed E-state index contributed by atoms with van der Waals surface area (Å²) < 4.78 is 117. The fraction of sp³-hybridized carbons (Fsp3) is 0.465. The predicted octanol–water partition coefficient (Wildman–Crippen LogP) is 16.6. The molecule has 19 nitrogen and oxygen atoms in total. The zero-order valence-electron chi connectivity index (χ0n) is 76.1. The molecule has 4 unspecified atom stereocenters. The second-order valence-corrected chi connectivity index (χ2v) is 48.1. The van der Waals surface area contributed by atoms with E-state index in [9.17, 15) is 62.8 Å². The highest BCUT2D eigenvalue weighted by Gasteiger charge is 2.34. The van der Waals surface area contributed by atoms with E-state index in [4.69, 9.17) is 23.2 Å². The molecular formula is C101H125Cl2F5N10O9S4. The molecule has 131 heavy (non-hydrogen) atoms. The van der Waals surface area contributed by atoms with Gasteiger partial charge in [0.1, 0.15) is 29.1 Å². The molecule has 4 saturated heterocycles. The number of nitrogens with zero attached hydrogens (tertiary/aromatic N) is 10. The highest BCUT2D eigenvalue weighted by atomic mass is 35.5. The van der Waals surface area contributed by atoms with Crippen LogP contribution < -0.4 is 0 Å². The largest absolute Gasteiger partial charge is 0.335 e. The van der Waals surface area contributed by atoms with Gasteiger partial charge in [0, 0.05) is 195 Å². The van der Waals surface area contributed by atoms with Gasteiger partial charge in [-0.05, 0) is 279 Å². The van der Waals surface area contributed by atoms with Crippen LogP contribution in [0.1, 0.15) is 152 Å². The molecule has 0 aromatic heterocycles. The smallest absolute Gasteiger partial charge is 0.252 e. The van der Waals surface area contributed by atoms with Crippen LogP contribution in [-0.2, 0) is 94.8 Å². The monoisotopic (exact) mass is 1910 g/mol. The zero-order valence-corrected chi connectivity index (χ0v) is 80.9. The number of allylic oxidation sites excluding steroid dienone is 5. The van der Waals surface area contributed by atoms with Gasteiger partial charge in [-0.2, -0.15) is 0 Å². The number of amides is 5. The summed E-state index contributed by atoms with van der Waals surface area (Å²) >= 11 is 12.6. The van der Waals surface area contributed by atoms with Crippen LogP contribution in [0.2, 0.25) is 10.0 Å². The molecule has 0 N–H and O–H groups in total. The summed E-state index contributed by atoms with van der Waals surface area (Å²) in [4.78, 5) is 95.0. The van der Waals surface area contributed by atoms with Gasteiger partial charge in [0.05, 0.1) is 32.7 Å². The van der Waals surface area contributed by atoms with Crippen molar-refractivity contribution in [1.82, 2.24) is 24.5 Å². The van der Waals surface area contributed by atoms with Crippen molar-refractivity contribution in [2.75, 3.05) is 111 Å². The first-order valence-corrected chi connectivity index (χ1v) is 54.2. The van der Waals surface area contributed by atoms with Crippen LogP contribution in [-0.4, -0.2) is 234 Å². The number of carbonyl (C=O) groups excluding carboxylic acids is 5. The molecule has 30 heteroatoms. The van der Waals surface area contributed by atoms with Gasteiger partial charge in [-0.1, -0.05) is 110 Å². The molecule has 0 bridgehead atoms. The molecule has 1 saturated carbocycles. The lowest BCUT2D eigenvalue weighted by Gasteiger charge is -2.31. The van der Waals surface area contributed by atoms with E-state index < -0.39 is 61.4 Å². The van der Waals surface area contributed by atoms with Crippen LogP contribution in [0.5, 0.6) is 0 Å². The van der Waals surface area contributed by atoms with E-state index in [1.54, 1.807) is 51.1 Å². The number of aliphatic imine (C=N–C) groups is 5. The van der Waals surface area contributed by atoms with Gasteiger partial charge in [0.25, 0.3) is 29.5 Å². The molecule has 15 rings (SSSR count). The fourth-order valence-electron chi connectivity index (χ4n) is 17.8. The van der Waals surface area contributed by atoms with E-state index in [2.05, 4.69) is 48.4 Å². The fourth-order valence-corrected chi connectivity index (χ4v) is 25.9. The molecule has 10 aliphatic rings. The summed E-state index contributed by atoms with van der Waals surface area (Å²) in [5.74, 6) is 18.9. The number of carbonyl (C=O) groups is 5. The predicted molar refractivity (Wildman–Crippen MR) is 531 cm³/mol. The van der Waals surface area contributed by atoms with E-state index in [1.165, 1.54) is 50.3 Å². The molecule has 0 radical (unpaired) electrons. The Bertz CT molecular complexity index is 5650. The highest BCUT2D eigenvalue weighted by molar-refractivity contribution is 8.01. The van der Waals surface area contributed by atoms with Crippen LogP contribution >= 0.6 is 23.2 Å². The van der Waals surface area contributed by atoms with E-state index in [0.717, 1.165) is 138 Å². The minimum absolute atomic E-state index is 0.00865. The molecule has 0 spiro atoms. The Hall–Kier alpha value is -9.19. The van der Waals surface area contributed by atoms with Crippen LogP contribution in [0.4, 0.5) is 22.0 Å². The molecular weight excluding hydrogens is 1790 g/mol. The number of hydrogen-bond acceptors (Lipinski definition) is 14. The molecule has 5 fully saturated rings. The first-order chi connectivity index (χ1) is 62.3. The van der Waals surface area contributed by atoms with Gasteiger partial charge < -0.3 is 24.5 Å². The molecule has 706 valence electrons. The van der Waals surface area contributed by atoms with Crippen LogP contribution in [0.15, 0.2) is 192 Å². The Morgan fingerprint density at radius 2 is 0.656 bits per heavy atom. The number of benzene rings is 5. The third-order valence-corrected chi connectivity index (χ3v) is 34.2. The molecule has 5 amide bonds. The standard InChI is InChI=1S/C21H27ClN2O.C20H25ClN2O2S.2C20H24F2N2O2S.C20H25FN2O2S/c1-16-13-19(14-23-16)21(25)24(12-11-17-7-3-2-4-8-17)15-18-9-5-6-10-20(18)22;1-15-11-18(12-22-15)20(24)23(14-17-5-3-4-6-19(17)21)13-16-7-9-26(2,25)10-8-16;1-14-7-17(11-23-14)20(25)24(5-3-15-4-6-27(2,26)13-15)12-16-8-18(21)10-19(22)9-16;1-14-9-16(11-23-14)20(25)24(7-5-15-6-8-27(2,26)13-15)12-17-10-18(21)3-4-19(17)22;1-15-11-18(12-22-15)20(24)23(14-17-5-3-4-6-19(17)21)13-16-7-9-26(2,25)10-8-16/h5-6,9-10,13,17H,2-4,7-8,11-12,14-15H2,1H3;3-6,11,16H,2,7-10,12-14H2,1H3;7-10,15H,2-6,11-13H2,1H3;3-4,9-10,15H,2,5-8,11-13H2,1H3;3-6,11,16H,2,7-10,12-14H2,1H3. The lowest BCUT2D eigenvalue weighted by molar-refractivity contribution is -0.129. The average Bonchev–Trinajstić information content (AvgIpc) is 1.62. The van der Waals surface area contributed by atoms with Gasteiger partial charge in [-0.25, -0.2) is 22.0 Å². The normalized spacial score (nSPS) is 23.7. The third-order valence-electron chi connectivity index (χ3n) is 25.4. The lowest BCUT2D eigenvalue weighted by Crippen LogP contribution is -2.39. The van der Waals surface area contributed by atoms with Crippen molar-refractivity contribution in [2.24, 2.45) is 54.6 Å². The maximum atomic E-state index is 14.1. The second kappa shape index (κ2) is 47.6. The van der Waals surface area contributed by atoms with E-state index >= 15 is 0 Å². The SMILES string of the molecule is C=S1(=O)CCC(CCN(Cc2cc(F)cc(F)c2)C(=O)C2=CC(C)=NC2)C1.C=S1(=O)CCC(CCN(Cc2cc(F)ccc2F)C(=O)C2=CC(C)=NC2)C1.C=S1(=O)CCC(CN(Cc2ccccc2Cl)C(=O)C2=CC(C)=NC2)CC1.C=S1(=O)CCC(CN(Cc2ccccc2F)C(=O)C2=CC(C)=NC2)CC1.CC1=NCC(C(=O)N(CCC2CCCCC2)Cc2ccccc2Cl)=C1. The quantitative estimate of drug-likeness (QED) is 0.0342. The summed E-state index contributed by atoms with van der Waals surface area (Å²) in [6, 6.07) is 28.5. The number of rotatable bonds is 28. The Balaban J connectivity index is 0.000000158. The molecule has 9 aliphatic heterocycles. The third kappa shape index (κ3) is 32.0. The van der Waals surface area contributed by atoms with Gasteiger partial charge in [-0.15, -0.1) is 0 Å². The summed E-state index contributed by atoms with van der Waals surface area (Å²) in [7, 11) is -7.86. The van der Waals surface area contributed by atoms with Crippen molar-refractivity contribution in [3.63, 3.8) is 0 Å². The lowest BCUT2D eigenvalue weighted by atomic mass is 9.87. The minimum Gasteiger partial charge on any atom is -0.335 e. The van der Waals surface area contributed by atoms with Crippen molar-refractivity contribution in [3.05, 3.63) is 234 Å².